The highest BCUT2D eigenvalue weighted by molar-refractivity contribution is 5.85. The quantitative estimate of drug-likeness (QED) is 0.768. The van der Waals surface area contributed by atoms with Gasteiger partial charge in [0, 0.05) is 19.6 Å². The Morgan fingerprint density at radius 2 is 1.57 bits per heavy atom. The number of alkyl halides is 3. The molecule has 2 heterocycles. The highest BCUT2D eigenvalue weighted by Crippen LogP contribution is 2.29. The van der Waals surface area contributed by atoms with Crippen LogP contribution in [0.4, 0.5) is 13.2 Å². The molecular formula is C17H24Cl2F3N5O. The molecule has 0 spiro atoms. The summed E-state index contributed by atoms with van der Waals surface area (Å²) in [6, 6.07) is 5.40. The molecule has 1 aromatic carbocycles. The van der Waals surface area contributed by atoms with Crippen LogP contribution in [0.5, 0.6) is 0 Å². The van der Waals surface area contributed by atoms with Crippen molar-refractivity contribution in [2.24, 2.45) is 5.73 Å². The minimum absolute atomic E-state index is 0. The Hall–Kier alpha value is -1.39. The largest absolute Gasteiger partial charge is 0.416 e. The van der Waals surface area contributed by atoms with Crippen LogP contribution in [-0.4, -0.2) is 46.1 Å². The average molecular weight is 442 g/mol. The molecular weight excluding hydrogens is 418 g/mol. The minimum atomic E-state index is -4.29. The second kappa shape index (κ2) is 11.0. The molecule has 0 bridgehead atoms. The Bertz CT molecular complexity index is 712. The van der Waals surface area contributed by atoms with Gasteiger partial charge in [0.2, 0.25) is 5.89 Å². The van der Waals surface area contributed by atoms with Gasteiger partial charge >= 0.3 is 6.18 Å². The highest BCUT2D eigenvalue weighted by Gasteiger charge is 2.30. The van der Waals surface area contributed by atoms with Crippen LogP contribution in [-0.2, 0) is 25.8 Å². The first-order chi connectivity index (χ1) is 12.4. The number of hydrogen-bond acceptors (Lipinski definition) is 6. The van der Waals surface area contributed by atoms with E-state index in [9.17, 15) is 13.2 Å². The zero-order chi connectivity index (χ0) is 18.6. The molecule has 0 unspecified atom stereocenters. The fourth-order valence-corrected chi connectivity index (χ4v) is 3.04. The molecule has 0 amide bonds. The molecule has 1 aliphatic heterocycles. The smallest absolute Gasteiger partial charge is 0.338 e. The van der Waals surface area contributed by atoms with E-state index in [-0.39, 0.29) is 31.4 Å². The van der Waals surface area contributed by atoms with Gasteiger partial charge in [0.05, 0.1) is 18.7 Å². The SMILES string of the molecule is Cl.Cl.NCc1nc(CN2CCCN(Cc3ccc(C(F)(F)F)cc3)CC2)no1. The molecule has 158 valence electrons. The molecule has 6 nitrogen and oxygen atoms in total. The predicted molar refractivity (Wildman–Crippen MR) is 103 cm³/mol. The molecule has 11 heteroatoms. The van der Waals surface area contributed by atoms with Crippen molar-refractivity contribution in [3.05, 3.63) is 47.1 Å². The Morgan fingerprint density at radius 1 is 0.964 bits per heavy atom. The Kier molecular flexibility index (Phi) is 9.65. The van der Waals surface area contributed by atoms with E-state index < -0.39 is 11.7 Å². The van der Waals surface area contributed by atoms with Crippen molar-refractivity contribution in [3.63, 3.8) is 0 Å². The topological polar surface area (TPSA) is 71.4 Å². The standard InChI is InChI=1S/C17H22F3N5O.2ClH/c18-17(19,20)14-4-2-13(3-5-14)11-24-6-1-7-25(9-8-24)12-15-22-16(10-21)26-23-15;;/h2-5H,1,6-12,21H2;2*1H. The Morgan fingerprint density at radius 3 is 2.11 bits per heavy atom. The molecule has 3 rings (SSSR count). The second-order valence-corrected chi connectivity index (χ2v) is 6.41. The van der Waals surface area contributed by atoms with Crippen molar-refractivity contribution in [2.75, 3.05) is 26.2 Å². The molecule has 1 saturated heterocycles. The van der Waals surface area contributed by atoms with Gasteiger partial charge in [-0.2, -0.15) is 18.2 Å². The summed E-state index contributed by atoms with van der Waals surface area (Å²) in [6.45, 7) is 4.97. The molecule has 0 saturated carbocycles. The maximum absolute atomic E-state index is 12.6. The van der Waals surface area contributed by atoms with Crippen LogP contribution < -0.4 is 5.73 Å². The van der Waals surface area contributed by atoms with Gasteiger partial charge in [0.25, 0.3) is 0 Å². The average Bonchev–Trinajstić information content (AvgIpc) is 2.95. The Labute approximate surface area is 174 Å². The first-order valence-electron chi connectivity index (χ1n) is 8.56. The van der Waals surface area contributed by atoms with E-state index in [0.29, 0.717) is 24.8 Å². The maximum Gasteiger partial charge on any atom is 0.416 e. The lowest BCUT2D eigenvalue weighted by Gasteiger charge is -2.21. The van der Waals surface area contributed by atoms with Gasteiger partial charge in [0.15, 0.2) is 5.82 Å². The monoisotopic (exact) mass is 441 g/mol. The lowest BCUT2D eigenvalue weighted by Crippen LogP contribution is -2.30. The van der Waals surface area contributed by atoms with E-state index in [1.165, 1.54) is 0 Å². The van der Waals surface area contributed by atoms with E-state index in [2.05, 4.69) is 19.9 Å². The first-order valence-corrected chi connectivity index (χ1v) is 8.56. The summed E-state index contributed by atoms with van der Waals surface area (Å²) in [5.74, 6) is 1.06. The molecule has 28 heavy (non-hydrogen) atoms. The zero-order valence-corrected chi connectivity index (χ0v) is 16.8. The normalized spacial score (nSPS) is 16.1. The van der Waals surface area contributed by atoms with E-state index in [0.717, 1.165) is 50.3 Å². The predicted octanol–water partition coefficient (Wildman–Crippen LogP) is 3.10. The van der Waals surface area contributed by atoms with E-state index >= 15 is 0 Å². The molecule has 1 fully saturated rings. The number of halogens is 5. The Balaban J connectivity index is 0.00000196. The van der Waals surface area contributed by atoms with Crippen LogP contribution in [0.1, 0.15) is 29.3 Å². The number of nitrogens with two attached hydrogens (primary N) is 1. The third kappa shape index (κ3) is 6.89. The summed E-state index contributed by atoms with van der Waals surface area (Å²) in [7, 11) is 0. The van der Waals surface area contributed by atoms with Gasteiger partial charge in [-0.3, -0.25) is 9.80 Å². The summed E-state index contributed by atoms with van der Waals surface area (Å²) in [4.78, 5) is 8.72. The first kappa shape index (κ1) is 24.6. The molecule has 1 aromatic heterocycles. The van der Waals surface area contributed by atoms with Crippen LogP contribution in [0.2, 0.25) is 0 Å². The van der Waals surface area contributed by atoms with Gasteiger partial charge in [0.1, 0.15) is 0 Å². The molecule has 2 aromatic rings. The van der Waals surface area contributed by atoms with Gasteiger partial charge < -0.3 is 10.3 Å². The number of hydrogen-bond donors (Lipinski definition) is 1. The van der Waals surface area contributed by atoms with Gasteiger partial charge in [-0.15, -0.1) is 24.8 Å². The van der Waals surface area contributed by atoms with E-state index in [1.807, 2.05) is 0 Å². The van der Waals surface area contributed by atoms with Crippen LogP contribution in [0.15, 0.2) is 28.8 Å². The van der Waals surface area contributed by atoms with Crippen molar-refractivity contribution in [2.45, 2.75) is 32.2 Å². The minimum Gasteiger partial charge on any atom is -0.338 e. The summed E-state index contributed by atoms with van der Waals surface area (Å²) >= 11 is 0. The molecule has 0 aliphatic carbocycles. The van der Waals surface area contributed by atoms with Gasteiger partial charge in [-0.05, 0) is 37.2 Å². The van der Waals surface area contributed by atoms with Crippen LogP contribution in [0.25, 0.3) is 0 Å². The van der Waals surface area contributed by atoms with Crippen molar-refractivity contribution >= 4 is 24.8 Å². The number of aromatic nitrogens is 2. The third-order valence-corrected chi connectivity index (χ3v) is 4.42. The third-order valence-electron chi connectivity index (χ3n) is 4.42. The zero-order valence-electron chi connectivity index (χ0n) is 15.2. The maximum atomic E-state index is 12.6. The van der Waals surface area contributed by atoms with Crippen molar-refractivity contribution in [3.8, 4) is 0 Å². The van der Waals surface area contributed by atoms with Crippen molar-refractivity contribution < 1.29 is 17.7 Å². The summed E-state index contributed by atoms with van der Waals surface area (Å²) in [5.41, 5.74) is 5.74. The molecule has 2 N–H and O–H groups in total. The molecule has 0 atom stereocenters. The molecule has 1 aliphatic rings. The summed E-state index contributed by atoms with van der Waals surface area (Å²) in [5, 5.41) is 3.91. The fourth-order valence-electron chi connectivity index (χ4n) is 3.04. The van der Waals surface area contributed by atoms with Crippen molar-refractivity contribution in [1.82, 2.24) is 19.9 Å². The fraction of sp³-hybridized carbons (Fsp3) is 0.529. The van der Waals surface area contributed by atoms with Crippen molar-refractivity contribution in [1.29, 1.82) is 0 Å². The second-order valence-electron chi connectivity index (χ2n) is 6.41. The number of nitrogens with zero attached hydrogens (tertiary/aromatic N) is 4. The van der Waals surface area contributed by atoms with Crippen LogP contribution in [0, 0.1) is 0 Å². The highest BCUT2D eigenvalue weighted by atomic mass is 35.5. The van der Waals surface area contributed by atoms with Gasteiger partial charge in [-0.25, -0.2) is 0 Å². The number of benzene rings is 1. The lowest BCUT2D eigenvalue weighted by molar-refractivity contribution is -0.137. The summed E-state index contributed by atoms with van der Waals surface area (Å²) in [6.07, 6.45) is -3.32. The van der Waals surface area contributed by atoms with E-state index in [1.54, 1.807) is 12.1 Å². The molecule has 0 radical (unpaired) electrons. The summed E-state index contributed by atoms with van der Waals surface area (Å²) < 4.78 is 42.9. The lowest BCUT2D eigenvalue weighted by atomic mass is 10.1. The number of rotatable bonds is 5. The van der Waals surface area contributed by atoms with Crippen LogP contribution >= 0.6 is 24.8 Å². The van der Waals surface area contributed by atoms with Gasteiger partial charge in [-0.1, -0.05) is 17.3 Å². The van der Waals surface area contributed by atoms with E-state index in [4.69, 9.17) is 10.3 Å². The van der Waals surface area contributed by atoms with Crippen LogP contribution in [0.3, 0.4) is 0 Å².